The van der Waals surface area contributed by atoms with Gasteiger partial charge in [-0.05, 0) is 17.5 Å². The highest BCUT2D eigenvalue weighted by Gasteiger charge is 2.06. The van der Waals surface area contributed by atoms with Crippen LogP contribution in [0.25, 0.3) is 0 Å². The van der Waals surface area contributed by atoms with Gasteiger partial charge in [0.25, 0.3) is 0 Å². The predicted octanol–water partition coefficient (Wildman–Crippen LogP) is 1.85. The Morgan fingerprint density at radius 1 is 1.17 bits per heavy atom. The molecule has 0 saturated heterocycles. The van der Waals surface area contributed by atoms with Crippen LogP contribution in [-0.4, -0.2) is 28.9 Å². The fourth-order valence-corrected chi connectivity index (χ4v) is 1.50. The molecule has 1 amide bonds. The standard InChI is InChI=1S/C14H17NO3/c1-3-11-4-6-12(7-5-11)10-15(2)13(16)8-9-14(17)18/h4-9H,3,10H2,1-2H3,(H,17,18)/b9-8+. The second-order valence-electron chi connectivity index (χ2n) is 4.04. The van der Waals surface area contributed by atoms with E-state index in [0.29, 0.717) is 6.54 Å². The number of benzene rings is 1. The van der Waals surface area contributed by atoms with Crippen LogP contribution in [0.4, 0.5) is 0 Å². The van der Waals surface area contributed by atoms with Crippen LogP contribution in [0, 0.1) is 0 Å². The third-order valence-electron chi connectivity index (χ3n) is 2.60. The molecule has 1 rings (SSSR count). The van der Waals surface area contributed by atoms with Crippen molar-refractivity contribution in [2.24, 2.45) is 0 Å². The van der Waals surface area contributed by atoms with Crippen molar-refractivity contribution in [1.29, 1.82) is 0 Å². The summed E-state index contributed by atoms with van der Waals surface area (Å²) in [5.74, 6) is -1.44. The fourth-order valence-electron chi connectivity index (χ4n) is 1.50. The van der Waals surface area contributed by atoms with Crippen molar-refractivity contribution in [3.63, 3.8) is 0 Å². The first-order valence-corrected chi connectivity index (χ1v) is 5.77. The molecule has 0 aliphatic rings. The summed E-state index contributed by atoms with van der Waals surface area (Å²) in [4.78, 5) is 23.3. The number of hydrogen-bond acceptors (Lipinski definition) is 2. The third kappa shape index (κ3) is 4.41. The number of carboxylic acids is 1. The minimum Gasteiger partial charge on any atom is -0.478 e. The quantitative estimate of drug-likeness (QED) is 0.808. The third-order valence-corrected chi connectivity index (χ3v) is 2.60. The van der Waals surface area contributed by atoms with Crippen molar-refractivity contribution in [2.75, 3.05) is 7.05 Å². The summed E-state index contributed by atoms with van der Waals surface area (Å²) < 4.78 is 0. The Balaban J connectivity index is 2.60. The maximum Gasteiger partial charge on any atom is 0.328 e. The van der Waals surface area contributed by atoms with Gasteiger partial charge in [0.15, 0.2) is 0 Å². The van der Waals surface area contributed by atoms with Gasteiger partial charge in [0.1, 0.15) is 0 Å². The van der Waals surface area contributed by atoms with E-state index >= 15 is 0 Å². The van der Waals surface area contributed by atoms with Crippen LogP contribution in [-0.2, 0) is 22.6 Å². The van der Waals surface area contributed by atoms with Crippen LogP contribution in [0.1, 0.15) is 18.1 Å². The summed E-state index contributed by atoms with van der Waals surface area (Å²) in [6, 6.07) is 8.01. The Bertz CT molecular complexity index is 449. The number of aryl methyl sites for hydroxylation is 1. The van der Waals surface area contributed by atoms with Gasteiger partial charge in [0, 0.05) is 25.7 Å². The highest BCUT2D eigenvalue weighted by molar-refractivity contribution is 5.93. The number of carbonyl (C=O) groups excluding carboxylic acids is 1. The van der Waals surface area contributed by atoms with E-state index in [1.54, 1.807) is 7.05 Å². The predicted molar refractivity (Wildman–Crippen MR) is 69.1 cm³/mol. The molecule has 0 heterocycles. The molecule has 1 aromatic carbocycles. The van der Waals surface area contributed by atoms with E-state index in [9.17, 15) is 9.59 Å². The summed E-state index contributed by atoms with van der Waals surface area (Å²) in [5, 5.41) is 8.43. The second-order valence-corrected chi connectivity index (χ2v) is 4.04. The van der Waals surface area contributed by atoms with Crippen molar-refractivity contribution >= 4 is 11.9 Å². The Labute approximate surface area is 107 Å². The molecule has 4 heteroatoms. The van der Waals surface area contributed by atoms with Crippen LogP contribution in [0.5, 0.6) is 0 Å². The summed E-state index contributed by atoms with van der Waals surface area (Å²) in [6.07, 6.45) is 2.89. The van der Waals surface area contributed by atoms with Crippen molar-refractivity contribution in [2.45, 2.75) is 19.9 Å². The van der Waals surface area contributed by atoms with Crippen LogP contribution in [0.15, 0.2) is 36.4 Å². The van der Waals surface area contributed by atoms with E-state index in [1.807, 2.05) is 24.3 Å². The molecule has 0 fully saturated rings. The van der Waals surface area contributed by atoms with Gasteiger partial charge in [-0.1, -0.05) is 31.2 Å². The van der Waals surface area contributed by atoms with Gasteiger partial charge < -0.3 is 10.0 Å². The highest BCUT2D eigenvalue weighted by Crippen LogP contribution is 2.07. The average molecular weight is 247 g/mol. The normalized spacial score (nSPS) is 10.6. The van der Waals surface area contributed by atoms with Crippen molar-refractivity contribution in [1.82, 2.24) is 4.90 Å². The van der Waals surface area contributed by atoms with Crippen LogP contribution < -0.4 is 0 Å². The van der Waals surface area contributed by atoms with E-state index in [1.165, 1.54) is 10.5 Å². The molecule has 0 radical (unpaired) electrons. The van der Waals surface area contributed by atoms with Gasteiger partial charge in [-0.25, -0.2) is 4.79 Å². The number of amides is 1. The van der Waals surface area contributed by atoms with E-state index in [4.69, 9.17) is 5.11 Å². The zero-order valence-corrected chi connectivity index (χ0v) is 10.6. The van der Waals surface area contributed by atoms with Crippen LogP contribution in [0.2, 0.25) is 0 Å². The summed E-state index contributed by atoms with van der Waals surface area (Å²) >= 11 is 0. The lowest BCUT2D eigenvalue weighted by molar-refractivity contribution is -0.132. The molecule has 0 aliphatic heterocycles. The largest absolute Gasteiger partial charge is 0.478 e. The topological polar surface area (TPSA) is 57.6 Å². The number of aliphatic carboxylic acids is 1. The molecule has 0 bridgehead atoms. The highest BCUT2D eigenvalue weighted by atomic mass is 16.4. The molecule has 1 N–H and O–H groups in total. The fraction of sp³-hybridized carbons (Fsp3) is 0.286. The van der Waals surface area contributed by atoms with Gasteiger partial charge in [-0.15, -0.1) is 0 Å². The first kappa shape index (κ1) is 14.0. The first-order valence-electron chi connectivity index (χ1n) is 5.77. The van der Waals surface area contributed by atoms with Crippen molar-refractivity contribution < 1.29 is 14.7 Å². The molecule has 0 unspecified atom stereocenters. The Morgan fingerprint density at radius 3 is 2.22 bits per heavy atom. The van der Waals surface area contributed by atoms with E-state index in [0.717, 1.165) is 24.1 Å². The van der Waals surface area contributed by atoms with Crippen molar-refractivity contribution in [3.8, 4) is 0 Å². The smallest absolute Gasteiger partial charge is 0.328 e. The lowest BCUT2D eigenvalue weighted by Gasteiger charge is -2.15. The summed E-state index contributed by atoms with van der Waals surface area (Å²) in [5.41, 5.74) is 2.27. The molecule has 0 spiro atoms. The van der Waals surface area contributed by atoms with Gasteiger partial charge in [0.2, 0.25) is 5.91 Å². The molecule has 96 valence electrons. The lowest BCUT2D eigenvalue weighted by atomic mass is 10.1. The summed E-state index contributed by atoms with van der Waals surface area (Å²) in [7, 11) is 1.64. The SMILES string of the molecule is CCc1ccc(CN(C)C(=O)/C=C/C(=O)O)cc1. The minimum atomic E-state index is -1.12. The number of rotatable bonds is 5. The number of carbonyl (C=O) groups is 2. The molecule has 0 aromatic heterocycles. The number of hydrogen-bond donors (Lipinski definition) is 1. The minimum absolute atomic E-state index is 0.322. The van der Waals surface area contributed by atoms with Gasteiger partial charge >= 0.3 is 5.97 Å². The maximum atomic E-state index is 11.6. The Kier molecular flexibility index (Phi) is 5.11. The molecular weight excluding hydrogens is 230 g/mol. The molecule has 0 atom stereocenters. The summed E-state index contributed by atoms with van der Waals surface area (Å²) in [6.45, 7) is 2.55. The van der Waals surface area contributed by atoms with Crippen LogP contribution in [0.3, 0.4) is 0 Å². The molecule has 0 saturated carbocycles. The van der Waals surface area contributed by atoms with Crippen molar-refractivity contribution in [3.05, 3.63) is 47.5 Å². The molecule has 4 nitrogen and oxygen atoms in total. The Hall–Kier alpha value is -2.10. The van der Waals surface area contributed by atoms with Gasteiger partial charge in [0.05, 0.1) is 0 Å². The maximum absolute atomic E-state index is 11.6. The molecule has 18 heavy (non-hydrogen) atoms. The molecule has 1 aromatic rings. The zero-order chi connectivity index (χ0) is 13.5. The number of likely N-dealkylation sites (N-methyl/N-ethyl adjacent to an activating group) is 1. The molecule has 0 aliphatic carbocycles. The lowest BCUT2D eigenvalue weighted by Crippen LogP contribution is -2.24. The zero-order valence-electron chi connectivity index (χ0n) is 10.6. The molecular formula is C14H17NO3. The number of nitrogens with zero attached hydrogens (tertiary/aromatic N) is 1. The van der Waals surface area contributed by atoms with E-state index in [-0.39, 0.29) is 5.91 Å². The second kappa shape index (κ2) is 6.59. The Morgan fingerprint density at radius 2 is 1.72 bits per heavy atom. The van der Waals surface area contributed by atoms with E-state index in [2.05, 4.69) is 6.92 Å². The van der Waals surface area contributed by atoms with E-state index < -0.39 is 5.97 Å². The average Bonchev–Trinajstić information content (AvgIpc) is 2.36. The monoisotopic (exact) mass is 247 g/mol. The van der Waals surface area contributed by atoms with Gasteiger partial charge in [-0.2, -0.15) is 0 Å². The number of carboxylic acid groups (broad SMARTS) is 1. The van der Waals surface area contributed by atoms with Crippen LogP contribution >= 0.6 is 0 Å². The van der Waals surface area contributed by atoms with Gasteiger partial charge in [-0.3, -0.25) is 4.79 Å². The first-order chi connectivity index (χ1) is 8.52.